The van der Waals surface area contributed by atoms with Crippen molar-refractivity contribution in [3.05, 3.63) is 30.2 Å². The van der Waals surface area contributed by atoms with Crippen LogP contribution in [0.3, 0.4) is 0 Å². The molecule has 2 rings (SSSR count). The Hall–Kier alpha value is -2.44. The summed E-state index contributed by atoms with van der Waals surface area (Å²) in [4.78, 5) is 14.5. The van der Waals surface area contributed by atoms with Crippen molar-refractivity contribution in [3.8, 4) is 11.5 Å². The zero-order valence-electron chi connectivity index (χ0n) is 8.82. The van der Waals surface area contributed by atoms with E-state index < -0.39 is 5.97 Å². The molecule has 7 nitrogen and oxygen atoms in total. The van der Waals surface area contributed by atoms with Crippen molar-refractivity contribution in [2.75, 3.05) is 0 Å². The molecule has 2 heterocycles. The zero-order valence-corrected chi connectivity index (χ0v) is 8.82. The van der Waals surface area contributed by atoms with E-state index in [1.165, 1.54) is 6.33 Å². The number of carboxylic acid groups (broad SMARTS) is 1. The van der Waals surface area contributed by atoms with Crippen LogP contribution in [0.25, 0.3) is 11.5 Å². The lowest BCUT2D eigenvalue weighted by molar-refractivity contribution is -0.136. The van der Waals surface area contributed by atoms with E-state index in [0.717, 1.165) is 5.56 Å². The summed E-state index contributed by atoms with van der Waals surface area (Å²) in [6.45, 7) is 0. The van der Waals surface area contributed by atoms with Crippen molar-refractivity contribution in [3.63, 3.8) is 0 Å². The molecule has 0 spiro atoms. The normalized spacial score (nSPS) is 10.1. The summed E-state index contributed by atoms with van der Waals surface area (Å²) in [6.07, 6.45) is 3.39. The summed E-state index contributed by atoms with van der Waals surface area (Å²) in [5.74, 6) is -0.480. The lowest BCUT2D eigenvalue weighted by Gasteiger charge is -2.00. The van der Waals surface area contributed by atoms with Gasteiger partial charge in [0.1, 0.15) is 5.69 Å². The van der Waals surface area contributed by atoms with Crippen LogP contribution in [-0.2, 0) is 11.2 Å². The van der Waals surface area contributed by atoms with Gasteiger partial charge >= 0.3 is 5.97 Å². The molecule has 0 aliphatic heterocycles. The van der Waals surface area contributed by atoms with E-state index in [-0.39, 0.29) is 6.42 Å². The molecule has 2 aromatic heterocycles. The van der Waals surface area contributed by atoms with Gasteiger partial charge in [-0.2, -0.15) is 0 Å². The van der Waals surface area contributed by atoms with E-state index in [0.29, 0.717) is 17.9 Å². The van der Waals surface area contributed by atoms with Crippen molar-refractivity contribution in [1.29, 1.82) is 0 Å². The molecule has 0 unspecified atom stereocenters. The molecule has 7 heteroatoms. The minimum Gasteiger partial charge on any atom is -0.481 e. The van der Waals surface area contributed by atoms with E-state index in [9.17, 15) is 4.79 Å². The van der Waals surface area contributed by atoms with Crippen LogP contribution in [0.2, 0.25) is 0 Å². The highest BCUT2D eigenvalue weighted by Crippen LogP contribution is 2.10. The number of nitrogens with zero attached hydrogens (tertiary/aromatic N) is 5. The first-order valence-corrected chi connectivity index (χ1v) is 4.93. The summed E-state index contributed by atoms with van der Waals surface area (Å²) in [5.41, 5.74) is 1.41. The molecule has 0 aliphatic rings. The van der Waals surface area contributed by atoms with Gasteiger partial charge in [0.2, 0.25) is 5.82 Å². The number of rotatable bonds is 4. The van der Waals surface area contributed by atoms with Crippen molar-refractivity contribution >= 4 is 5.97 Å². The smallest absolute Gasteiger partial charge is 0.303 e. The molecule has 0 radical (unpaired) electrons. The quantitative estimate of drug-likeness (QED) is 0.809. The Kier molecular flexibility index (Phi) is 3.29. The van der Waals surface area contributed by atoms with Gasteiger partial charge in [-0.15, -0.1) is 20.4 Å². The highest BCUT2D eigenvalue weighted by Gasteiger charge is 2.04. The summed E-state index contributed by atoms with van der Waals surface area (Å²) in [5, 5.41) is 23.3. The lowest BCUT2D eigenvalue weighted by Crippen LogP contribution is -1.99. The molecule has 0 amide bonds. The molecule has 0 saturated heterocycles. The van der Waals surface area contributed by atoms with Crippen LogP contribution in [0, 0.1) is 0 Å². The van der Waals surface area contributed by atoms with Gasteiger partial charge in [0.15, 0.2) is 6.33 Å². The first kappa shape index (κ1) is 11.1. The van der Waals surface area contributed by atoms with Crippen molar-refractivity contribution in [2.45, 2.75) is 12.8 Å². The average Bonchev–Trinajstić information content (AvgIpc) is 2.38. The maximum absolute atomic E-state index is 10.4. The maximum atomic E-state index is 10.4. The van der Waals surface area contributed by atoms with E-state index >= 15 is 0 Å². The van der Waals surface area contributed by atoms with Crippen LogP contribution in [0.5, 0.6) is 0 Å². The molecule has 0 aliphatic carbocycles. The summed E-state index contributed by atoms with van der Waals surface area (Å²) in [6, 6.07) is 3.51. The largest absolute Gasteiger partial charge is 0.481 e. The standard InChI is InChI=1S/C10H9N5O2/c16-9(17)4-2-7-1-3-8(11-5-7)10-14-12-6-13-15-10/h1,3,5-6H,2,4H2,(H,16,17). The second kappa shape index (κ2) is 5.06. The second-order valence-electron chi connectivity index (χ2n) is 3.32. The number of hydrogen-bond acceptors (Lipinski definition) is 6. The molecule has 2 aromatic rings. The highest BCUT2D eigenvalue weighted by molar-refractivity contribution is 5.67. The third-order valence-corrected chi connectivity index (χ3v) is 2.09. The van der Waals surface area contributed by atoms with Gasteiger partial charge in [0.25, 0.3) is 0 Å². The Morgan fingerprint density at radius 1 is 1.24 bits per heavy atom. The third kappa shape index (κ3) is 3.00. The summed E-state index contributed by atoms with van der Waals surface area (Å²) < 4.78 is 0. The predicted octanol–water partition coefficient (Wildman–Crippen LogP) is 0.346. The lowest BCUT2D eigenvalue weighted by atomic mass is 10.1. The summed E-state index contributed by atoms with van der Waals surface area (Å²) >= 11 is 0. The number of carbonyl (C=O) groups is 1. The van der Waals surface area contributed by atoms with Gasteiger partial charge in [-0.25, -0.2) is 0 Å². The molecule has 86 valence electrons. The van der Waals surface area contributed by atoms with Crippen LogP contribution in [0.1, 0.15) is 12.0 Å². The molecule has 17 heavy (non-hydrogen) atoms. The second-order valence-corrected chi connectivity index (χ2v) is 3.32. The fourth-order valence-corrected chi connectivity index (χ4v) is 1.26. The number of aryl methyl sites for hydroxylation is 1. The highest BCUT2D eigenvalue weighted by atomic mass is 16.4. The maximum Gasteiger partial charge on any atom is 0.303 e. The molecule has 0 atom stereocenters. The van der Waals surface area contributed by atoms with Crippen molar-refractivity contribution in [1.82, 2.24) is 25.4 Å². The van der Waals surface area contributed by atoms with Crippen LogP contribution in [0.15, 0.2) is 24.7 Å². The molecule has 0 saturated carbocycles. The van der Waals surface area contributed by atoms with Gasteiger partial charge in [-0.3, -0.25) is 9.78 Å². The Morgan fingerprint density at radius 3 is 2.59 bits per heavy atom. The van der Waals surface area contributed by atoms with E-state index in [1.807, 2.05) is 0 Å². The van der Waals surface area contributed by atoms with Crippen molar-refractivity contribution < 1.29 is 9.90 Å². The molecular formula is C10H9N5O2. The Balaban J connectivity index is 2.11. The van der Waals surface area contributed by atoms with Crippen LogP contribution in [0.4, 0.5) is 0 Å². The number of carboxylic acids is 1. The predicted molar refractivity (Wildman–Crippen MR) is 56.8 cm³/mol. The fourth-order valence-electron chi connectivity index (χ4n) is 1.26. The minimum absolute atomic E-state index is 0.0893. The van der Waals surface area contributed by atoms with Gasteiger partial charge < -0.3 is 5.11 Å². The first-order chi connectivity index (χ1) is 8.25. The fraction of sp³-hybridized carbons (Fsp3) is 0.200. The molecular weight excluding hydrogens is 222 g/mol. The Bertz CT molecular complexity index is 500. The molecule has 0 aromatic carbocycles. The van der Waals surface area contributed by atoms with Gasteiger partial charge in [0, 0.05) is 12.6 Å². The number of pyridine rings is 1. The number of aromatic nitrogens is 5. The Labute approximate surface area is 96.6 Å². The van der Waals surface area contributed by atoms with Crippen LogP contribution < -0.4 is 0 Å². The topological polar surface area (TPSA) is 102 Å². The first-order valence-electron chi connectivity index (χ1n) is 4.93. The van der Waals surface area contributed by atoms with E-state index in [2.05, 4.69) is 25.4 Å². The minimum atomic E-state index is -0.825. The van der Waals surface area contributed by atoms with Gasteiger partial charge in [-0.1, -0.05) is 6.07 Å². The van der Waals surface area contributed by atoms with Gasteiger partial charge in [0.05, 0.1) is 0 Å². The number of aliphatic carboxylic acids is 1. The van der Waals surface area contributed by atoms with Gasteiger partial charge in [-0.05, 0) is 18.1 Å². The molecule has 1 N–H and O–H groups in total. The average molecular weight is 231 g/mol. The van der Waals surface area contributed by atoms with Crippen LogP contribution in [-0.4, -0.2) is 36.5 Å². The van der Waals surface area contributed by atoms with E-state index in [4.69, 9.17) is 5.11 Å². The SMILES string of the molecule is O=C(O)CCc1ccc(-c2nncnn2)nc1. The monoisotopic (exact) mass is 231 g/mol. The number of hydrogen-bond donors (Lipinski definition) is 1. The third-order valence-electron chi connectivity index (χ3n) is 2.09. The van der Waals surface area contributed by atoms with E-state index in [1.54, 1.807) is 18.3 Å². The molecule has 0 fully saturated rings. The Morgan fingerprint density at radius 2 is 2.00 bits per heavy atom. The zero-order chi connectivity index (χ0) is 12.1. The van der Waals surface area contributed by atoms with Crippen LogP contribution >= 0.6 is 0 Å². The molecule has 0 bridgehead atoms. The van der Waals surface area contributed by atoms with Crippen molar-refractivity contribution in [2.24, 2.45) is 0 Å². The summed E-state index contributed by atoms with van der Waals surface area (Å²) in [7, 11) is 0.